The highest BCUT2D eigenvalue weighted by Crippen LogP contribution is 2.38. The third-order valence-corrected chi connectivity index (χ3v) is 4.56. The number of hydrogen-bond acceptors (Lipinski definition) is 3. The summed E-state index contributed by atoms with van der Waals surface area (Å²) < 4.78 is 0. The topological polar surface area (TPSA) is 46.2 Å². The third kappa shape index (κ3) is 2.90. The molecule has 0 atom stereocenters. The minimum absolute atomic E-state index is 0.348. The van der Waals surface area contributed by atoms with Crippen molar-refractivity contribution in [1.82, 2.24) is 5.32 Å². The molecule has 0 aromatic heterocycles. The molecule has 0 aliphatic carbocycles. The van der Waals surface area contributed by atoms with Gasteiger partial charge in [-0.15, -0.1) is 0 Å². The predicted octanol–water partition coefficient (Wildman–Crippen LogP) is 4.98. The lowest BCUT2D eigenvalue weighted by molar-refractivity contribution is -0.115. The average molecular weight is 350 g/mol. The third-order valence-electron chi connectivity index (χ3n) is 3.12. The van der Waals surface area contributed by atoms with E-state index in [1.54, 1.807) is 24.3 Å². The Balaban J connectivity index is 2.14. The molecule has 0 radical (unpaired) electrons. The van der Waals surface area contributed by atoms with Gasteiger partial charge in [0.1, 0.15) is 0 Å². The van der Waals surface area contributed by atoms with Crippen LogP contribution in [0.3, 0.4) is 0 Å². The molecule has 1 N–H and O–H groups in total. The van der Waals surface area contributed by atoms with Gasteiger partial charge in [0, 0.05) is 15.6 Å². The number of hydrogen-bond donors (Lipinski definition) is 1. The Morgan fingerprint density at radius 3 is 2.27 bits per heavy atom. The Morgan fingerprint density at radius 1 is 0.955 bits per heavy atom. The first-order valence-corrected chi connectivity index (χ1v) is 7.92. The van der Waals surface area contributed by atoms with E-state index in [2.05, 4.69) is 5.32 Å². The average Bonchev–Trinajstić information content (AvgIpc) is 2.78. The van der Waals surface area contributed by atoms with Crippen LogP contribution in [0.1, 0.15) is 5.56 Å². The van der Waals surface area contributed by atoms with E-state index in [4.69, 9.17) is 23.2 Å². The predicted molar refractivity (Wildman–Crippen MR) is 91.0 cm³/mol. The van der Waals surface area contributed by atoms with Crippen molar-refractivity contribution in [3.05, 3.63) is 63.0 Å². The van der Waals surface area contributed by atoms with Crippen LogP contribution in [0.5, 0.6) is 0 Å². The molecule has 1 aliphatic rings. The summed E-state index contributed by atoms with van der Waals surface area (Å²) in [5.74, 6) is -0.393. The van der Waals surface area contributed by atoms with Crippen molar-refractivity contribution < 1.29 is 9.59 Å². The number of nitrogens with one attached hydrogen (secondary N) is 1. The molecule has 0 spiro atoms. The molecule has 2 aromatic carbocycles. The number of rotatable bonds is 2. The second-order valence-electron chi connectivity index (χ2n) is 4.54. The van der Waals surface area contributed by atoms with Gasteiger partial charge in [-0.2, -0.15) is 0 Å². The fourth-order valence-electron chi connectivity index (χ4n) is 2.17. The van der Waals surface area contributed by atoms with Gasteiger partial charge in [-0.05, 0) is 41.1 Å². The first-order valence-electron chi connectivity index (χ1n) is 6.34. The van der Waals surface area contributed by atoms with Gasteiger partial charge in [0.15, 0.2) is 0 Å². The minimum Gasteiger partial charge on any atom is -0.282 e. The van der Waals surface area contributed by atoms with Gasteiger partial charge < -0.3 is 0 Å². The van der Waals surface area contributed by atoms with Gasteiger partial charge in [-0.3, -0.25) is 14.9 Å². The zero-order chi connectivity index (χ0) is 15.7. The summed E-state index contributed by atoms with van der Waals surface area (Å²) in [5, 5.41) is 2.91. The number of thioether (sulfide) groups is 1. The lowest BCUT2D eigenvalue weighted by atomic mass is 9.99. The summed E-state index contributed by atoms with van der Waals surface area (Å²) in [6.45, 7) is 0. The number of amides is 2. The van der Waals surface area contributed by atoms with Crippen LogP contribution in [-0.4, -0.2) is 11.1 Å². The van der Waals surface area contributed by atoms with Gasteiger partial charge in [0.25, 0.3) is 11.1 Å². The molecular weight excluding hydrogens is 341 g/mol. The summed E-state index contributed by atoms with van der Waals surface area (Å²) in [6.07, 6.45) is 1.67. The maximum Gasteiger partial charge on any atom is 0.290 e. The van der Waals surface area contributed by atoms with Crippen molar-refractivity contribution in [1.29, 1.82) is 0 Å². The smallest absolute Gasteiger partial charge is 0.282 e. The van der Waals surface area contributed by atoms with E-state index < -0.39 is 5.91 Å². The Hall–Kier alpha value is -1.75. The minimum atomic E-state index is -0.393. The number of imide groups is 1. The molecule has 3 rings (SSSR count). The fourth-order valence-corrected chi connectivity index (χ4v) is 3.44. The first-order chi connectivity index (χ1) is 10.6. The summed E-state index contributed by atoms with van der Waals surface area (Å²) in [4.78, 5) is 23.3. The molecule has 2 aromatic rings. The Bertz CT molecular complexity index is 797. The Labute approximate surface area is 141 Å². The van der Waals surface area contributed by atoms with Crippen molar-refractivity contribution in [3.63, 3.8) is 0 Å². The van der Waals surface area contributed by atoms with Crippen LogP contribution >= 0.6 is 35.0 Å². The van der Waals surface area contributed by atoms with E-state index in [0.717, 1.165) is 22.9 Å². The zero-order valence-electron chi connectivity index (χ0n) is 11.1. The zero-order valence-corrected chi connectivity index (χ0v) is 13.4. The molecular formula is C16H9Cl2NO2S. The molecule has 3 nitrogen and oxygen atoms in total. The van der Waals surface area contributed by atoms with E-state index in [9.17, 15) is 9.59 Å². The highest BCUT2D eigenvalue weighted by atomic mass is 35.5. The second kappa shape index (κ2) is 6.16. The quantitative estimate of drug-likeness (QED) is 0.777. The molecule has 22 heavy (non-hydrogen) atoms. The van der Waals surface area contributed by atoms with Crippen LogP contribution in [0.25, 0.3) is 17.2 Å². The molecule has 1 heterocycles. The molecule has 1 saturated heterocycles. The van der Waals surface area contributed by atoms with Crippen molar-refractivity contribution in [2.24, 2.45) is 0 Å². The van der Waals surface area contributed by atoms with Crippen molar-refractivity contribution in [2.75, 3.05) is 0 Å². The molecule has 2 amide bonds. The number of carbonyl (C=O) groups is 2. The van der Waals surface area contributed by atoms with E-state index >= 15 is 0 Å². The molecule has 0 unspecified atom stereocenters. The lowest BCUT2D eigenvalue weighted by Gasteiger charge is -2.10. The molecule has 6 heteroatoms. The molecule has 1 fully saturated rings. The van der Waals surface area contributed by atoms with E-state index in [1.807, 2.05) is 24.3 Å². The van der Waals surface area contributed by atoms with Gasteiger partial charge in [0.2, 0.25) is 0 Å². The SMILES string of the molecule is O=C1NC(=O)/C(=C/c2ccccc2-c2c(Cl)cccc2Cl)S1. The van der Waals surface area contributed by atoms with E-state index in [0.29, 0.717) is 20.5 Å². The number of carbonyl (C=O) groups excluding carboxylic acids is 2. The van der Waals surface area contributed by atoms with Gasteiger partial charge in [0.05, 0.1) is 4.91 Å². The van der Waals surface area contributed by atoms with Crippen molar-refractivity contribution in [3.8, 4) is 11.1 Å². The molecule has 110 valence electrons. The van der Waals surface area contributed by atoms with Crippen LogP contribution < -0.4 is 5.32 Å². The maximum absolute atomic E-state index is 11.7. The number of halogens is 2. The van der Waals surface area contributed by atoms with Crippen LogP contribution in [0.2, 0.25) is 10.0 Å². The van der Waals surface area contributed by atoms with Crippen LogP contribution in [0.15, 0.2) is 47.4 Å². The molecule has 0 bridgehead atoms. The van der Waals surface area contributed by atoms with E-state index in [-0.39, 0.29) is 5.24 Å². The standard InChI is InChI=1S/C16H9Cl2NO2S/c17-11-6-3-7-12(18)14(11)10-5-2-1-4-9(10)8-13-15(20)19-16(21)22-13/h1-8H,(H,19,20,21)/b13-8-. The van der Waals surface area contributed by atoms with Crippen LogP contribution in [-0.2, 0) is 4.79 Å². The van der Waals surface area contributed by atoms with Crippen LogP contribution in [0.4, 0.5) is 4.79 Å². The van der Waals surface area contributed by atoms with Gasteiger partial charge >= 0.3 is 0 Å². The van der Waals surface area contributed by atoms with Gasteiger partial charge in [-0.25, -0.2) is 0 Å². The largest absolute Gasteiger partial charge is 0.290 e. The van der Waals surface area contributed by atoms with Crippen molar-refractivity contribution >= 4 is 52.2 Å². The highest BCUT2D eigenvalue weighted by Gasteiger charge is 2.25. The monoisotopic (exact) mass is 349 g/mol. The summed E-state index contributed by atoms with van der Waals surface area (Å²) in [7, 11) is 0. The Kier molecular flexibility index (Phi) is 4.25. The maximum atomic E-state index is 11.7. The lowest BCUT2D eigenvalue weighted by Crippen LogP contribution is -2.17. The molecule has 0 saturated carbocycles. The first kappa shape index (κ1) is 15.2. The summed E-state index contributed by atoms with van der Waals surface area (Å²) in [5.41, 5.74) is 2.27. The Morgan fingerprint density at radius 2 is 1.64 bits per heavy atom. The highest BCUT2D eigenvalue weighted by molar-refractivity contribution is 8.18. The molecule has 1 aliphatic heterocycles. The normalized spacial score (nSPS) is 16.2. The van der Waals surface area contributed by atoms with Gasteiger partial charge in [-0.1, -0.05) is 53.5 Å². The second-order valence-corrected chi connectivity index (χ2v) is 6.37. The number of benzene rings is 2. The fraction of sp³-hybridized carbons (Fsp3) is 0. The van der Waals surface area contributed by atoms with E-state index in [1.165, 1.54) is 0 Å². The summed E-state index contributed by atoms with van der Waals surface area (Å²) in [6, 6.07) is 12.7. The summed E-state index contributed by atoms with van der Waals surface area (Å²) >= 11 is 13.4. The van der Waals surface area contributed by atoms with Crippen LogP contribution in [0, 0.1) is 0 Å². The van der Waals surface area contributed by atoms with Crippen molar-refractivity contribution in [2.45, 2.75) is 0 Å².